The number of carbonyl (C=O) groups is 2. The van der Waals surface area contributed by atoms with Gasteiger partial charge in [0.2, 0.25) is 0 Å². The van der Waals surface area contributed by atoms with Crippen LogP contribution in [-0.2, 0) is 9.53 Å². The van der Waals surface area contributed by atoms with Gasteiger partial charge in [0.1, 0.15) is 5.75 Å². The Morgan fingerprint density at radius 2 is 1.92 bits per heavy atom. The zero-order chi connectivity index (χ0) is 17.7. The van der Waals surface area contributed by atoms with Crippen LogP contribution in [0.2, 0.25) is 15.1 Å². The number of benzene rings is 1. The quantitative estimate of drug-likeness (QED) is 0.568. The molecule has 0 bridgehead atoms. The van der Waals surface area contributed by atoms with E-state index in [0.29, 0.717) is 0 Å². The number of aromatic nitrogens is 1. The zero-order valence-electron chi connectivity index (χ0n) is 12.3. The predicted molar refractivity (Wildman–Crippen MR) is 93.7 cm³/mol. The fraction of sp³-hybridized carbons (Fsp3) is 0.214. The summed E-state index contributed by atoms with van der Waals surface area (Å²) in [6.07, 6.45) is 0. The monoisotopic (exact) mass is 408 g/mol. The maximum atomic E-state index is 11.9. The lowest BCUT2D eigenvalue weighted by atomic mass is 10.3. The number of rotatable bonds is 6. The third-order valence-electron chi connectivity index (χ3n) is 2.57. The summed E-state index contributed by atoms with van der Waals surface area (Å²) in [5.74, 6) is -0.789. The van der Waals surface area contributed by atoms with Gasteiger partial charge in [-0.05, 0) is 13.0 Å². The van der Waals surface area contributed by atoms with E-state index in [-0.39, 0.29) is 44.9 Å². The van der Waals surface area contributed by atoms with Crippen molar-refractivity contribution in [1.82, 2.24) is 4.98 Å². The average molecular weight is 410 g/mol. The van der Waals surface area contributed by atoms with Crippen molar-refractivity contribution in [3.05, 3.63) is 38.3 Å². The number of anilines is 1. The lowest BCUT2D eigenvalue weighted by molar-refractivity contribution is -0.118. The topological polar surface area (TPSA) is 77.5 Å². The Morgan fingerprint density at radius 1 is 1.21 bits per heavy atom. The number of halogens is 3. The van der Waals surface area contributed by atoms with Crippen molar-refractivity contribution in [1.29, 1.82) is 0 Å². The molecule has 6 nitrogen and oxygen atoms in total. The smallest absolute Gasteiger partial charge is 0.357 e. The van der Waals surface area contributed by atoms with E-state index in [2.05, 4.69) is 10.3 Å². The number of thiazole rings is 1. The highest BCUT2D eigenvalue weighted by Gasteiger charge is 2.14. The van der Waals surface area contributed by atoms with Crippen molar-refractivity contribution in [3.63, 3.8) is 0 Å². The summed E-state index contributed by atoms with van der Waals surface area (Å²) in [5.41, 5.74) is 0.130. The van der Waals surface area contributed by atoms with Crippen LogP contribution in [-0.4, -0.2) is 30.1 Å². The second-order valence-electron chi connectivity index (χ2n) is 4.29. The number of carbonyl (C=O) groups excluding carboxylic acids is 2. The molecular formula is C14H11Cl3N2O4S. The Hall–Kier alpha value is -1.54. The van der Waals surface area contributed by atoms with E-state index in [4.69, 9.17) is 44.3 Å². The first-order valence-corrected chi connectivity index (χ1v) is 8.62. The van der Waals surface area contributed by atoms with E-state index in [1.807, 2.05) is 0 Å². The van der Waals surface area contributed by atoms with Crippen LogP contribution in [0, 0.1) is 0 Å². The van der Waals surface area contributed by atoms with Crippen molar-refractivity contribution < 1.29 is 19.1 Å². The molecule has 0 aliphatic carbocycles. The van der Waals surface area contributed by atoms with Crippen LogP contribution in [0.1, 0.15) is 17.4 Å². The summed E-state index contributed by atoms with van der Waals surface area (Å²) in [6.45, 7) is 1.63. The highest BCUT2D eigenvalue weighted by molar-refractivity contribution is 7.14. The van der Waals surface area contributed by atoms with E-state index in [9.17, 15) is 9.59 Å². The first kappa shape index (κ1) is 18.8. The van der Waals surface area contributed by atoms with Crippen molar-refractivity contribution >= 4 is 63.1 Å². The Kier molecular flexibility index (Phi) is 6.68. The minimum absolute atomic E-state index is 0.130. The van der Waals surface area contributed by atoms with E-state index in [1.165, 1.54) is 17.5 Å². The summed E-state index contributed by atoms with van der Waals surface area (Å²) >= 11 is 18.7. The van der Waals surface area contributed by atoms with E-state index < -0.39 is 11.9 Å². The maximum Gasteiger partial charge on any atom is 0.357 e. The molecule has 2 rings (SSSR count). The number of hydrogen-bond acceptors (Lipinski definition) is 6. The Bertz CT molecular complexity index is 766. The van der Waals surface area contributed by atoms with Gasteiger partial charge in [0.25, 0.3) is 5.91 Å². The van der Waals surface area contributed by atoms with Gasteiger partial charge in [-0.15, -0.1) is 11.3 Å². The maximum absolute atomic E-state index is 11.9. The molecule has 0 aliphatic heterocycles. The van der Waals surface area contributed by atoms with Crippen LogP contribution >= 0.6 is 46.1 Å². The summed E-state index contributed by atoms with van der Waals surface area (Å²) in [4.78, 5) is 27.3. The molecule has 0 spiro atoms. The number of ether oxygens (including phenoxy) is 2. The van der Waals surface area contributed by atoms with Crippen molar-refractivity contribution in [2.45, 2.75) is 6.92 Å². The third kappa shape index (κ3) is 4.98. The molecule has 1 aromatic carbocycles. The van der Waals surface area contributed by atoms with Crippen molar-refractivity contribution in [2.75, 3.05) is 18.5 Å². The van der Waals surface area contributed by atoms with E-state index in [0.717, 1.165) is 11.3 Å². The largest absolute Gasteiger partial charge is 0.482 e. The molecule has 1 N–H and O–H groups in total. The molecule has 128 valence electrons. The van der Waals surface area contributed by atoms with Crippen molar-refractivity contribution in [2.24, 2.45) is 0 Å². The minimum atomic E-state index is -0.548. The van der Waals surface area contributed by atoms with E-state index in [1.54, 1.807) is 6.92 Å². The molecule has 0 radical (unpaired) electrons. The van der Waals surface area contributed by atoms with Crippen LogP contribution < -0.4 is 10.1 Å². The average Bonchev–Trinajstić information content (AvgIpc) is 2.98. The highest BCUT2D eigenvalue weighted by Crippen LogP contribution is 2.33. The number of nitrogens with zero attached hydrogens (tertiary/aromatic N) is 1. The summed E-state index contributed by atoms with van der Waals surface area (Å²) in [7, 11) is 0. The predicted octanol–water partition coefficient (Wildman–Crippen LogP) is 4.30. The molecule has 0 unspecified atom stereocenters. The lowest BCUT2D eigenvalue weighted by Gasteiger charge is -2.08. The lowest BCUT2D eigenvalue weighted by Crippen LogP contribution is -2.20. The Morgan fingerprint density at radius 3 is 2.62 bits per heavy atom. The fourth-order valence-corrected chi connectivity index (χ4v) is 2.83. The summed E-state index contributed by atoms with van der Waals surface area (Å²) in [5, 5.41) is 5.03. The minimum Gasteiger partial charge on any atom is -0.482 e. The van der Waals surface area contributed by atoms with Gasteiger partial charge in [0, 0.05) is 11.4 Å². The van der Waals surface area contributed by atoms with Crippen molar-refractivity contribution in [3.8, 4) is 5.75 Å². The van der Waals surface area contributed by atoms with E-state index >= 15 is 0 Å². The first-order valence-electron chi connectivity index (χ1n) is 6.60. The SMILES string of the molecule is CCOC(=O)c1csc(NC(=O)COc2cc(Cl)c(Cl)cc2Cl)n1. The molecule has 1 amide bonds. The van der Waals surface area contributed by atoms with Gasteiger partial charge in [-0.2, -0.15) is 0 Å². The molecule has 0 atom stereocenters. The van der Waals surface area contributed by atoms with Gasteiger partial charge in [-0.1, -0.05) is 34.8 Å². The van der Waals surface area contributed by atoms with Gasteiger partial charge in [0.15, 0.2) is 17.4 Å². The number of esters is 1. The molecule has 2 aromatic rings. The highest BCUT2D eigenvalue weighted by atomic mass is 35.5. The molecular weight excluding hydrogens is 399 g/mol. The van der Waals surface area contributed by atoms with Gasteiger partial charge in [0.05, 0.1) is 21.7 Å². The number of amides is 1. The number of hydrogen-bond donors (Lipinski definition) is 1. The molecule has 1 heterocycles. The third-order valence-corrected chi connectivity index (χ3v) is 4.34. The van der Waals surface area contributed by atoms with Crippen LogP contribution in [0.25, 0.3) is 0 Å². The normalized spacial score (nSPS) is 10.3. The van der Waals surface area contributed by atoms with Gasteiger partial charge >= 0.3 is 5.97 Å². The second-order valence-corrected chi connectivity index (χ2v) is 6.37. The van der Waals surface area contributed by atoms with Gasteiger partial charge in [-0.25, -0.2) is 9.78 Å². The standard InChI is InChI=1S/C14H11Cl3N2O4S/c1-2-22-13(21)10-6-24-14(18-10)19-12(20)5-23-11-4-8(16)7(15)3-9(11)17/h3-4,6H,2,5H2,1H3,(H,18,19,20). The molecule has 1 aromatic heterocycles. The molecule has 0 saturated carbocycles. The Balaban J connectivity index is 1.92. The molecule has 0 saturated heterocycles. The number of nitrogens with one attached hydrogen (secondary N) is 1. The van der Waals surface area contributed by atoms with Gasteiger partial charge in [-0.3, -0.25) is 10.1 Å². The summed E-state index contributed by atoms with van der Waals surface area (Å²) < 4.78 is 10.1. The fourth-order valence-electron chi connectivity index (χ4n) is 1.54. The molecule has 0 fully saturated rings. The zero-order valence-corrected chi connectivity index (χ0v) is 15.4. The van der Waals surface area contributed by atoms with Crippen LogP contribution in [0.3, 0.4) is 0 Å². The molecule has 24 heavy (non-hydrogen) atoms. The molecule has 10 heteroatoms. The second kappa shape index (κ2) is 8.53. The first-order chi connectivity index (χ1) is 11.4. The van der Waals surface area contributed by atoms with Crippen LogP contribution in [0.4, 0.5) is 5.13 Å². The Labute approximate surface area is 156 Å². The summed E-state index contributed by atoms with van der Waals surface area (Å²) in [6, 6.07) is 2.84. The van der Waals surface area contributed by atoms with Gasteiger partial charge < -0.3 is 9.47 Å². The molecule has 0 aliphatic rings. The van der Waals surface area contributed by atoms with Crippen LogP contribution in [0.15, 0.2) is 17.5 Å². The van der Waals surface area contributed by atoms with Crippen LogP contribution in [0.5, 0.6) is 5.75 Å².